The summed E-state index contributed by atoms with van der Waals surface area (Å²) in [4.78, 5) is 25.7. The van der Waals surface area contributed by atoms with E-state index in [1.807, 2.05) is 60.9 Å². The second kappa shape index (κ2) is 10.8. The van der Waals surface area contributed by atoms with Crippen LogP contribution in [0.3, 0.4) is 0 Å². The SMILES string of the molecule is C=CN1CCN(Cc2ccc(NC(=O)c3ccc4nc(-c5cnn(-c6ccccc6Cl)c5)[nH]c4c3)cc2)CC1. The smallest absolute Gasteiger partial charge is 0.255 e. The molecule has 0 radical (unpaired) electrons. The second-order valence-electron chi connectivity index (χ2n) is 9.59. The minimum atomic E-state index is -0.173. The van der Waals surface area contributed by atoms with E-state index < -0.39 is 0 Å². The van der Waals surface area contributed by atoms with Gasteiger partial charge < -0.3 is 15.2 Å². The molecule has 8 nitrogen and oxygen atoms in total. The Morgan fingerprint density at radius 2 is 1.85 bits per heavy atom. The molecule has 3 heterocycles. The fraction of sp³-hybridized carbons (Fsp3) is 0.167. The first-order chi connectivity index (χ1) is 19.1. The molecule has 1 saturated heterocycles. The molecule has 0 aliphatic carbocycles. The van der Waals surface area contributed by atoms with Crippen LogP contribution in [-0.4, -0.2) is 61.6 Å². The highest BCUT2D eigenvalue weighted by atomic mass is 35.5. The second-order valence-corrected chi connectivity index (χ2v) is 10.00. The van der Waals surface area contributed by atoms with Crippen molar-refractivity contribution in [3.8, 4) is 17.1 Å². The first kappa shape index (κ1) is 24.9. The summed E-state index contributed by atoms with van der Waals surface area (Å²) in [6.07, 6.45) is 5.52. The number of aromatic amines is 1. The highest BCUT2D eigenvalue weighted by molar-refractivity contribution is 6.32. The number of nitrogens with one attached hydrogen (secondary N) is 2. The monoisotopic (exact) mass is 537 g/mol. The van der Waals surface area contributed by atoms with Crippen LogP contribution in [0.15, 0.2) is 91.9 Å². The summed E-state index contributed by atoms with van der Waals surface area (Å²) < 4.78 is 1.72. The van der Waals surface area contributed by atoms with E-state index in [-0.39, 0.29) is 5.91 Å². The molecule has 1 aliphatic heterocycles. The fourth-order valence-corrected chi connectivity index (χ4v) is 4.98. The van der Waals surface area contributed by atoms with Gasteiger partial charge in [0.05, 0.1) is 33.5 Å². The minimum Gasteiger partial charge on any atom is -0.375 e. The van der Waals surface area contributed by atoms with Gasteiger partial charge >= 0.3 is 0 Å². The Morgan fingerprint density at radius 3 is 2.62 bits per heavy atom. The summed E-state index contributed by atoms with van der Waals surface area (Å²) in [5.41, 5.74) is 5.69. The molecule has 39 heavy (non-hydrogen) atoms. The number of rotatable bonds is 7. The Kier molecular flexibility index (Phi) is 6.87. The quantitative estimate of drug-likeness (QED) is 0.283. The van der Waals surface area contributed by atoms with Crippen molar-refractivity contribution in [1.82, 2.24) is 29.5 Å². The average Bonchev–Trinajstić information content (AvgIpc) is 3.62. The van der Waals surface area contributed by atoms with Gasteiger partial charge in [-0.1, -0.05) is 42.4 Å². The summed E-state index contributed by atoms with van der Waals surface area (Å²) in [5, 5.41) is 8.05. The van der Waals surface area contributed by atoms with Crippen LogP contribution in [0.5, 0.6) is 0 Å². The predicted octanol–water partition coefficient (Wildman–Crippen LogP) is 5.58. The normalized spacial score (nSPS) is 14.0. The Balaban J connectivity index is 1.12. The van der Waals surface area contributed by atoms with Gasteiger partial charge in [-0.3, -0.25) is 9.69 Å². The minimum absolute atomic E-state index is 0.173. The van der Waals surface area contributed by atoms with Crippen LogP contribution in [0.4, 0.5) is 5.69 Å². The molecule has 0 spiro atoms. The Morgan fingerprint density at radius 1 is 1.05 bits per heavy atom. The average molecular weight is 538 g/mol. The maximum absolute atomic E-state index is 13.0. The zero-order valence-electron chi connectivity index (χ0n) is 21.3. The van der Waals surface area contributed by atoms with Gasteiger partial charge in [-0.25, -0.2) is 9.67 Å². The largest absolute Gasteiger partial charge is 0.375 e. The molecule has 0 unspecified atom stereocenters. The van der Waals surface area contributed by atoms with Crippen molar-refractivity contribution in [2.75, 3.05) is 31.5 Å². The van der Waals surface area contributed by atoms with Crippen molar-refractivity contribution in [2.45, 2.75) is 6.54 Å². The van der Waals surface area contributed by atoms with Gasteiger partial charge in [0.25, 0.3) is 5.91 Å². The highest BCUT2D eigenvalue weighted by Crippen LogP contribution is 2.25. The lowest BCUT2D eigenvalue weighted by Gasteiger charge is -2.33. The number of hydrogen-bond acceptors (Lipinski definition) is 5. The first-order valence-electron chi connectivity index (χ1n) is 12.8. The number of fused-ring (bicyclic) bond motifs is 1. The molecule has 0 atom stereocenters. The van der Waals surface area contributed by atoms with E-state index in [9.17, 15) is 4.79 Å². The van der Waals surface area contributed by atoms with Crippen LogP contribution < -0.4 is 5.32 Å². The third-order valence-electron chi connectivity index (χ3n) is 6.98. The van der Waals surface area contributed by atoms with Gasteiger partial charge in [-0.15, -0.1) is 0 Å². The number of amides is 1. The first-order valence-corrected chi connectivity index (χ1v) is 13.2. The van der Waals surface area contributed by atoms with Gasteiger partial charge in [0.2, 0.25) is 0 Å². The summed E-state index contributed by atoms with van der Waals surface area (Å²) in [6, 6.07) is 21.0. The van der Waals surface area contributed by atoms with E-state index in [1.54, 1.807) is 16.9 Å². The number of imidazole rings is 1. The van der Waals surface area contributed by atoms with E-state index in [0.717, 1.165) is 60.7 Å². The number of carbonyl (C=O) groups is 1. The Hall–Kier alpha value is -4.40. The zero-order chi connectivity index (χ0) is 26.8. The predicted molar refractivity (Wildman–Crippen MR) is 155 cm³/mol. The lowest BCUT2D eigenvalue weighted by Crippen LogP contribution is -2.43. The topological polar surface area (TPSA) is 82.1 Å². The Labute approximate surface area is 231 Å². The molecule has 2 N–H and O–H groups in total. The van der Waals surface area contributed by atoms with E-state index >= 15 is 0 Å². The van der Waals surface area contributed by atoms with Crippen LogP contribution in [0.25, 0.3) is 28.1 Å². The zero-order valence-corrected chi connectivity index (χ0v) is 22.1. The summed E-state index contributed by atoms with van der Waals surface area (Å²) >= 11 is 6.31. The summed E-state index contributed by atoms with van der Waals surface area (Å²) in [5.74, 6) is 0.496. The van der Waals surface area contributed by atoms with Gasteiger partial charge in [-0.05, 0) is 54.2 Å². The number of anilines is 1. The molecule has 6 rings (SSSR count). The molecule has 1 fully saturated rings. The summed E-state index contributed by atoms with van der Waals surface area (Å²) in [6.45, 7) is 8.80. The van der Waals surface area contributed by atoms with Crippen LogP contribution in [-0.2, 0) is 6.54 Å². The highest BCUT2D eigenvalue weighted by Gasteiger charge is 2.15. The van der Waals surface area contributed by atoms with Crippen molar-refractivity contribution in [3.63, 3.8) is 0 Å². The lowest BCUT2D eigenvalue weighted by atomic mass is 10.1. The summed E-state index contributed by atoms with van der Waals surface area (Å²) in [7, 11) is 0. The maximum Gasteiger partial charge on any atom is 0.255 e. The van der Waals surface area contributed by atoms with Gasteiger partial charge in [0, 0.05) is 50.2 Å². The third-order valence-corrected chi connectivity index (χ3v) is 7.30. The third kappa shape index (κ3) is 5.43. The number of nitrogens with zero attached hydrogens (tertiary/aromatic N) is 5. The van der Waals surface area contributed by atoms with Crippen molar-refractivity contribution < 1.29 is 4.79 Å². The van der Waals surface area contributed by atoms with Crippen LogP contribution in [0, 0.1) is 0 Å². The number of benzene rings is 3. The number of piperazine rings is 1. The molecule has 196 valence electrons. The van der Waals surface area contributed by atoms with Crippen LogP contribution in [0.2, 0.25) is 5.02 Å². The van der Waals surface area contributed by atoms with Crippen molar-refractivity contribution in [2.24, 2.45) is 0 Å². The molecule has 1 amide bonds. The molecular formula is C30H28ClN7O. The van der Waals surface area contributed by atoms with E-state index in [0.29, 0.717) is 16.4 Å². The molecule has 9 heteroatoms. The van der Waals surface area contributed by atoms with Crippen LogP contribution in [0.1, 0.15) is 15.9 Å². The molecule has 0 saturated carbocycles. The van der Waals surface area contributed by atoms with Gasteiger partial charge in [0.1, 0.15) is 5.82 Å². The number of halogens is 1. The van der Waals surface area contributed by atoms with Crippen molar-refractivity contribution in [1.29, 1.82) is 0 Å². The Bertz CT molecular complexity index is 1630. The molecule has 5 aromatic rings. The maximum atomic E-state index is 13.0. The number of hydrogen-bond donors (Lipinski definition) is 2. The number of para-hydroxylation sites is 1. The molecule has 1 aliphatic rings. The number of H-pyrrole nitrogens is 1. The lowest BCUT2D eigenvalue weighted by molar-refractivity contribution is 0.102. The molecule has 2 aromatic heterocycles. The van der Waals surface area contributed by atoms with Gasteiger partial charge in [-0.2, -0.15) is 5.10 Å². The van der Waals surface area contributed by atoms with Crippen LogP contribution >= 0.6 is 11.6 Å². The van der Waals surface area contributed by atoms with Gasteiger partial charge in [0.15, 0.2) is 0 Å². The van der Waals surface area contributed by atoms with Crippen molar-refractivity contribution in [3.05, 3.63) is 108 Å². The number of aromatic nitrogens is 4. The van der Waals surface area contributed by atoms with E-state index in [4.69, 9.17) is 11.6 Å². The fourth-order valence-electron chi connectivity index (χ4n) is 4.76. The molecular weight excluding hydrogens is 510 g/mol. The van der Waals surface area contributed by atoms with E-state index in [2.05, 4.69) is 48.9 Å². The van der Waals surface area contributed by atoms with Crippen molar-refractivity contribution >= 4 is 34.2 Å². The number of carbonyl (C=O) groups excluding carboxylic acids is 1. The van der Waals surface area contributed by atoms with E-state index in [1.165, 1.54) is 5.56 Å². The standard InChI is InChI=1S/C30H28ClN7O/c1-2-36-13-15-37(16-14-36)19-21-7-10-24(11-8-21)33-30(39)22-9-12-26-27(17-22)35-29(34-26)23-18-32-38(20-23)28-6-4-3-5-25(28)31/h2-12,17-18,20H,1,13-16,19H2,(H,33,39)(H,34,35). The molecule has 0 bridgehead atoms. The molecule has 3 aromatic carbocycles.